The van der Waals surface area contributed by atoms with Crippen LogP contribution in [0.1, 0.15) is 18.6 Å². The quantitative estimate of drug-likeness (QED) is 0.881. The summed E-state index contributed by atoms with van der Waals surface area (Å²) in [7, 11) is 0. The molecule has 0 radical (unpaired) electrons. The molecule has 19 heavy (non-hydrogen) atoms. The van der Waals surface area contributed by atoms with E-state index in [0.29, 0.717) is 0 Å². The van der Waals surface area contributed by atoms with Crippen LogP contribution in [0.2, 0.25) is 0 Å². The van der Waals surface area contributed by atoms with Gasteiger partial charge < -0.3 is 15.1 Å². The van der Waals surface area contributed by atoms with Crippen molar-refractivity contribution in [1.82, 2.24) is 4.90 Å². The maximum atomic E-state index is 9.63. The molecule has 1 aromatic carbocycles. The number of rotatable bonds is 4. The largest absolute Gasteiger partial charge is 0.395 e. The van der Waals surface area contributed by atoms with Gasteiger partial charge in [-0.3, -0.25) is 4.90 Å². The molecule has 1 unspecified atom stereocenters. The van der Waals surface area contributed by atoms with Crippen molar-refractivity contribution < 1.29 is 10.2 Å². The second-order valence-corrected chi connectivity index (χ2v) is 5.79. The van der Waals surface area contributed by atoms with Crippen LogP contribution in [0.25, 0.3) is 0 Å². The van der Waals surface area contributed by atoms with Crippen molar-refractivity contribution in [2.45, 2.75) is 13.0 Å². The van der Waals surface area contributed by atoms with E-state index >= 15 is 0 Å². The SMILES string of the molecule is CC(O)c1ccc(N2CCN(CCO)CC2)cc1Br. The number of piperazine rings is 1. The van der Waals surface area contributed by atoms with Crippen molar-refractivity contribution in [3.8, 4) is 0 Å². The summed E-state index contributed by atoms with van der Waals surface area (Å²) in [6, 6.07) is 6.11. The van der Waals surface area contributed by atoms with Crippen LogP contribution >= 0.6 is 15.9 Å². The summed E-state index contributed by atoms with van der Waals surface area (Å²) in [6.45, 7) is 6.67. The van der Waals surface area contributed by atoms with Crippen molar-refractivity contribution in [2.75, 3.05) is 44.2 Å². The highest BCUT2D eigenvalue weighted by Gasteiger charge is 2.17. The topological polar surface area (TPSA) is 46.9 Å². The van der Waals surface area contributed by atoms with Crippen LogP contribution in [0.15, 0.2) is 22.7 Å². The molecule has 106 valence electrons. The molecular weight excluding hydrogens is 308 g/mol. The van der Waals surface area contributed by atoms with Gasteiger partial charge in [0.25, 0.3) is 0 Å². The minimum atomic E-state index is -0.454. The van der Waals surface area contributed by atoms with E-state index in [4.69, 9.17) is 5.11 Å². The third kappa shape index (κ3) is 3.69. The summed E-state index contributed by atoms with van der Waals surface area (Å²) in [4.78, 5) is 4.61. The fraction of sp³-hybridized carbons (Fsp3) is 0.571. The molecule has 0 saturated carbocycles. The Hall–Kier alpha value is -0.620. The Kier molecular flexibility index (Phi) is 5.21. The Labute approximate surface area is 122 Å². The average Bonchev–Trinajstić information content (AvgIpc) is 2.39. The number of aliphatic hydroxyl groups excluding tert-OH is 2. The first kappa shape index (κ1) is 14.8. The van der Waals surface area contributed by atoms with Gasteiger partial charge in [-0.1, -0.05) is 22.0 Å². The predicted octanol–water partition coefficient (Wildman–Crippen LogP) is 1.62. The molecule has 5 heteroatoms. The summed E-state index contributed by atoms with van der Waals surface area (Å²) in [5.74, 6) is 0. The molecule has 1 fully saturated rings. The lowest BCUT2D eigenvalue weighted by atomic mass is 10.1. The molecule has 0 bridgehead atoms. The number of benzene rings is 1. The van der Waals surface area contributed by atoms with E-state index in [1.807, 2.05) is 6.07 Å². The molecular formula is C14H21BrN2O2. The van der Waals surface area contributed by atoms with E-state index in [0.717, 1.165) is 42.8 Å². The van der Waals surface area contributed by atoms with E-state index < -0.39 is 6.10 Å². The highest BCUT2D eigenvalue weighted by molar-refractivity contribution is 9.10. The smallest absolute Gasteiger partial charge is 0.0772 e. The monoisotopic (exact) mass is 328 g/mol. The third-order valence-electron chi connectivity index (χ3n) is 3.59. The first-order chi connectivity index (χ1) is 9.11. The molecule has 1 aliphatic heterocycles. The summed E-state index contributed by atoms with van der Waals surface area (Å²) >= 11 is 3.52. The van der Waals surface area contributed by atoms with Crippen LogP contribution in [0.3, 0.4) is 0 Å². The highest BCUT2D eigenvalue weighted by atomic mass is 79.9. The van der Waals surface area contributed by atoms with Crippen LogP contribution < -0.4 is 4.90 Å². The van der Waals surface area contributed by atoms with E-state index in [1.54, 1.807) is 6.92 Å². The number of hydrogen-bond acceptors (Lipinski definition) is 4. The number of aliphatic hydroxyl groups is 2. The summed E-state index contributed by atoms with van der Waals surface area (Å²) in [5.41, 5.74) is 2.10. The average molecular weight is 329 g/mol. The van der Waals surface area contributed by atoms with Crippen molar-refractivity contribution >= 4 is 21.6 Å². The molecule has 1 atom stereocenters. The van der Waals surface area contributed by atoms with Crippen molar-refractivity contribution in [2.24, 2.45) is 0 Å². The highest BCUT2D eigenvalue weighted by Crippen LogP contribution is 2.28. The molecule has 0 amide bonds. The van der Waals surface area contributed by atoms with Gasteiger partial charge in [0.05, 0.1) is 12.7 Å². The van der Waals surface area contributed by atoms with Crippen molar-refractivity contribution in [3.05, 3.63) is 28.2 Å². The Morgan fingerprint density at radius 2 is 1.95 bits per heavy atom. The number of hydrogen-bond donors (Lipinski definition) is 2. The minimum absolute atomic E-state index is 0.231. The molecule has 0 aromatic heterocycles. The van der Waals surface area contributed by atoms with Gasteiger partial charge in [-0.05, 0) is 24.6 Å². The third-order valence-corrected chi connectivity index (χ3v) is 4.27. The van der Waals surface area contributed by atoms with Crippen molar-refractivity contribution in [3.63, 3.8) is 0 Å². The number of anilines is 1. The molecule has 1 heterocycles. The molecule has 1 aromatic rings. The van der Waals surface area contributed by atoms with Crippen LogP contribution in [-0.2, 0) is 0 Å². The summed E-state index contributed by atoms with van der Waals surface area (Å²) in [5, 5.41) is 18.6. The molecule has 1 saturated heterocycles. The zero-order valence-electron chi connectivity index (χ0n) is 11.2. The Bertz CT molecular complexity index is 418. The zero-order valence-corrected chi connectivity index (χ0v) is 12.8. The van der Waals surface area contributed by atoms with E-state index in [2.05, 4.69) is 37.9 Å². The lowest BCUT2D eigenvalue weighted by Gasteiger charge is -2.36. The Morgan fingerprint density at radius 1 is 1.26 bits per heavy atom. The van der Waals surface area contributed by atoms with Crippen LogP contribution in [0.5, 0.6) is 0 Å². The first-order valence-electron chi connectivity index (χ1n) is 6.67. The molecule has 0 spiro atoms. The predicted molar refractivity (Wildman–Crippen MR) is 80.5 cm³/mol. The van der Waals surface area contributed by atoms with Gasteiger partial charge in [0.1, 0.15) is 0 Å². The maximum Gasteiger partial charge on any atom is 0.0772 e. The van der Waals surface area contributed by atoms with Gasteiger partial charge >= 0.3 is 0 Å². The molecule has 2 rings (SSSR count). The second kappa shape index (κ2) is 6.70. The summed E-state index contributed by atoms with van der Waals surface area (Å²) in [6.07, 6.45) is -0.454. The van der Waals surface area contributed by atoms with Crippen LogP contribution in [0.4, 0.5) is 5.69 Å². The normalized spacial score (nSPS) is 18.6. The zero-order chi connectivity index (χ0) is 13.8. The van der Waals surface area contributed by atoms with Gasteiger partial charge in [-0.15, -0.1) is 0 Å². The number of β-amino-alcohol motifs (C(OH)–C–C–N with tert-alkyl or cyclic N) is 1. The van der Waals surface area contributed by atoms with E-state index in [1.165, 1.54) is 5.69 Å². The van der Waals surface area contributed by atoms with Gasteiger partial charge in [-0.25, -0.2) is 0 Å². The molecule has 2 N–H and O–H groups in total. The van der Waals surface area contributed by atoms with Gasteiger partial charge in [-0.2, -0.15) is 0 Å². The Morgan fingerprint density at radius 3 is 2.47 bits per heavy atom. The van der Waals surface area contributed by atoms with Crippen LogP contribution in [-0.4, -0.2) is 54.4 Å². The van der Waals surface area contributed by atoms with E-state index in [-0.39, 0.29) is 6.61 Å². The lowest BCUT2D eigenvalue weighted by Crippen LogP contribution is -2.47. The molecule has 4 nitrogen and oxygen atoms in total. The van der Waals surface area contributed by atoms with E-state index in [9.17, 15) is 5.11 Å². The maximum absolute atomic E-state index is 9.63. The van der Waals surface area contributed by atoms with Crippen LogP contribution in [0, 0.1) is 0 Å². The lowest BCUT2D eigenvalue weighted by molar-refractivity contribution is 0.188. The summed E-state index contributed by atoms with van der Waals surface area (Å²) < 4.78 is 0.956. The molecule has 0 aliphatic carbocycles. The molecule has 1 aliphatic rings. The van der Waals surface area contributed by atoms with Gasteiger partial charge in [0, 0.05) is 42.9 Å². The van der Waals surface area contributed by atoms with Crippen molar-refractivity contribution in [1.29, 1.82) is 0 Å². The fourth-order valence-electron chi connectivity index (χ4n) is 2.42. The van der Waals surface area contributed by atoms with Gasteiger partial charge in [0.15, 0.2) is 0 Å². The first-order valence-corrected chi connectivity index (χ1v) is 7.47. The second-order valence-electron chi connectivity index (χ2n) is 4.93. The number of nitrogens with zero attached hydrogens (tertiary/aromatic N) is 2. The number of halogens is 1. The van der Waals surface area contributed by atoms with Gasteiger partial charge in [0.2, 0.25) is 0 Å². The minimum Gasteiger partial charge on any atom is -0.395 e. The Balaban J connectivity index is 2.02. The fourth-order valence-corrected chi connectivity index (χ4v) is 3.12. The standard InChI is InChI=1S/C14H21BrN2O2/c1-11(19)13-3-2-12(10-14(13)15)17-6-4-16(5-7-17)8-9-18/h2-3,10-11,18-19H,4-9H2,1H3.